The molecular formula is C92H112W12-12. The summed E-state index contributed by atoms with van der Waals surface area (Å²) in [6.45, 7) is 52.7. The molecule has 8 aromatic rings. The zero-order valence-electron chi connectivity index (χ0n) is 67.1. The predicted molar refractivity (Wildman–Crippen MR) is 427 cm³/mol. The van der Waals surface area contributed by atoms with Gasteiger partial charge in [-0.25, -0.2) is 0 Å². The molecule has 0 fully saturated rings. The molecule has 0 radical (unpaired) electrons. The summed E-state index contributed by atoms with van der Waals surface area (Å²) in [5, 5.41) is 2.79. The standard InChI is InChI=1S/C14H16.6C12H13.6CH3.12W/c1-9-5-7-13-8-6-10(2)12(4)14(13)11(9)3;1-5-6-12-8-10(3)9(2)7-11(12)4;1-5-11-8-7-9(3)10(4)12(11)6-2;2*1-4-10(2)11(3)12-8-6-5-7-9-12;1-4-5-8-12-9-6-7-10(2)11(12)3;1-4-10(3)12-9-7-6-8-11(12)5-2;;;;;;;;;;;;;;;;;;/h5-8H,1-4H3;4,6-8H,1-3H3;2,6-8H,1,3-4H3;3*5-8H,1-3H3;6-9H,1-3H3;6*1H3;;;;;;;;;;;;/q;12*-1;;;;;;;;;;;;. The van der Waals surface area contributed by atoms with Crippen LogP contribution >= 0.6 is 0 Å². The maximum Gasteiger partial charge on any atom is 0 e. The molecule has 0 spiro atoms. The Kier molecular flexibility index (Phi) is 84.0. The number of allylic oxidation sites excluding steroid dienone is 8. The van der Waals surface area contributed by atoms with Crippen molar-refractivity contribution in [1.82, 2.24) is 0 Å². The first-order valence-electron chi connectivity index (χ1n) is 30.7. The van der Waals surface area contributed by atoms with Crippen LogP contribution < -0.4 is 0 Å². The Morgan fingerprint density at radius 1 is 0.423 bits per heavy atom. The molecule has 104 heavy (non-hydrogen) atoms. The summed E-state index contributed by atoms with van der Waals surface area (Å²) < 4.78 is 9.35. The minimum absolute atomic E-state index is 0. The number of hydrogen-bond donors (Lipinski definition) is 0. The van der Waals surface area contributed by atoms with E-state index in [2.05, 4.69) is 289 Å². The third-order valence-electron chi connectivity index (χ3n) is 16.3. The zero-order chi connectivity index (χ0) is 69.5. The molecule has 0 saturated heterocycles. The smallest absolute Gasteiger partial charge is 0 e. The van der Waals surface area contributed by atoms with Crippen molar-refractivity contribution in [2.75, 3.05) is 0 Å². The van der Waals surface area contributed by atoms with Gasteiger partial charge < -0.3 is 44.6 Å². The van der Waals surface area contributed by atoms with Gasteiger partial charge in [0, 0.05) is 126 Å². The van der Waals surface area contributed by atoms with Gasteiger partial charge in [0.15, 0.2) is 0 Å². The van der Waals surface area contributed by atoms with Crippen molar-refractivity contribution in [3.8, 4) is 0 Å². The summed E-state index contributed by atoms with van der Waals surface area (Å²) in [4.78, 5) is 0. The number of fused-ring (bicyclic) bond motifs is 1. The number of hydrogen-bond acceptors (Lipinski definition) is 0. The Hall–Kier alpha value is -0.0603. The first-order chi connectivity index (χ1) is 43.4. The molecule has 0 amide bonds. The summed E-state index contributed by atoms with van der Waals surface area (Å²) in [7, 11) is 0. The summed E-state index contributed by atoms with van der Waals surface area (Å²) in [6.07, 6.45) is 14.3. The number of rotatable bonds is 12. The van der Waals surface area contributed by atoms with E-state index >= 15 is 0 Å². The van der Waals surface area contributed by atoms with Crippen LogP contribution in [0.15, 0.2) is 151 Å². The van der Waals surface area contributed by atoms with Crippen molar-refractivity contribution in [3.05, 3.63) is 338 Å². The molecule has 0 nitrogen and oxygen atoms in total. The van der Waals surface area contributed by atoms with Gasteiger partial charge in [0.05, 0.1) is 0 Å². The van der Waals surface area contributed by atoms with Gasteiger partial charge in [-0.3, -0.25) is 0 Å². The number of benzene rings is 8. The van der Waals surface area contributed by atoms with Gasteiger partial charge >= 0.3 is 546 Å². The first kappa shape index (κ1) is 128. The van der Waals surface area contributed by atoms with E-state index in [1.54, 1.807) is 44.8 Å². The van der Waals surface area contributed by atoms with Crippen molar-refractivity contribution in [2.45, 2.75) is 152 Å². The van der Waals surface area contributed by atoms with Crippen LogP contribution in [0.25, 0.3) is 45.7 Å². The van der Waals surface area contributed by atoms with Gasteiger partial charge in [-0.05, 0) is 60.7 Å². The molecule has 0 aliphatic rings. The fraction of sp³-hybridized carbons (Fsp3) is 0.239. The molecule has 0 bridgehead atoms. The Balaban J connectivity index is -0.000000106. The van der Waals surface area contributed by atoms with Crippen molar-refractivity contribution in [1.29, 1.82) is 0 Å². The van der Waals surface area contributed by atoms with Gasteiger partial charge in [-0.2, -0.15) is 0 Å². The fourth-order valence-corrected chi connectivity index (χ4v) is 12.5. The molecule has 0 unspecified atom stereocenters. The fourth-order valence-electron chi connectivity index (χ4n) is 9.13. The van der Waals surface area contributed by atoms with Gasteiger partial charge in [0.25, 0.3) is 0 Å². The molecule has 564 valence electrons. The van der Waals surface area contributed by atoms with Crippen LogP contribution in [0.5, 0.6) is 0 Å². The molecule has 0 aromatic heterocycles. The van der Waals surface area contributed by atoms with E-state index in [4.69, 9.17) is 6.58 Å². The van der Waals surface area contributed by atoms with Gasteiger partial charge in [0.2, 0.25) is 0 Å². The van der Waals surface area contributed by atoms with Gasteiger partial charge in [0.1, 0.15) is 0 Å². The van der Waals surface area contributed by atoms with E-state index in [-0.39, 0.29) is 171 Å². The van der Waals surface area contributed by atoms with Gasteiger partial charge in [-0.1, -0.05) is 24.3 Å². The summed E-state index contributed by atoms with van der Waals surface area (Å²) in [5.41, 5.74) is 31.7. The van der Waals surface area contributed by atoms with E-state index < -0.39 is 0 Å². The van der Waals surface area contributed by atoms with Crippen molar-refractivity contribution in [2.24, 2.45) is 0 Å². The van der Waals surface area contributed by atoms with Crippen LogP contribution in [0.1, 0.15) is 189 Å². The summed E-state index contributed by atoms with van der Waals surface area (Å²) in [5.74, 6) is 0. The Morgan fingerprint density at radius 2 is 0.817 bits per heavy atom. The molecule has 0 heterocycles. The third-order valence-corrected chi connectivity index (χ3v) is 21.4. The normalized spacial score (nSPS) is 9.85. The quantitative estimate of drug-likeness (QED) is 0.107. The molecule has 0 atom stereocenters. The topological polar surface area (TPSA) is 0 Å². The van der Waals surface area contributed by atoms with Crippen LogP contribution in [-0.2, 0) is 243 Å². The average molecular weight is 3420 g/mol. The minimum atomic E-state index is 0. The Morgan fingerprint density at radius 3 is 1.18 bits per heavy atom. The van der Waals surface area contributed by atoms with Crippen molar-refractivity contribution < 1.29 is 243 Å². The van der Waals surface area contributed by atoms with Crippen LogP contribution in [0.2, 0.25) is 0 Å². The van der Waals surface area contributed by atoms with E-state index in [0.717, 1.165) is 0 Å². The summed E-state index contributed by atoms with van der Waals surface area (Å²) in [6, 6.07) is 56.2. The molecule has 0 saturated carbocycles. The van der Waals surface area contributed by atoms with Crippen molar-refractivity contribution >= 4 is 69.6 Å². The van der Waals surface area contributed by atoms with Crippen molar-refractivity contribution in [3.63, 3.8) is 0 Å². The Bertz CT molecular complexity index is 3950. The molecule has 12 heteroatoms. The van der Waals surface area contributed by atoms with Gasteiger partial charge in [-0.15, -0.1) is 0 Å². The van der Waals surface area contributed by atoms with E-state index in [9.17, 15) is 0 Å². The zero-order valence-corrected chi connectivity index (χ0v) is 102. The number of aryl methyl sites for hydroxylation is 8. The van der Waals surface area contributed by atoms with Crippen LogP contribution in [0.4, 0.5) is 0 Å². The molecular weight excluding hydrogens is 3310 g/mol. The largest absolute Gasteiger partial charge is 0.358 e. The third kappa shape index (κ3) is 43.8. The molecule has 0 aliphatic heterocycles. The Labute approximate surface area is 790 Å². The van der Waals surface area contributed by atoms with Crippen LogP contribution in [0.3, 0.4) is 0 Å². The van der Waals surface area contributed by atoms with E-state index in [0.29, 0.717) is 0 Å². The monoisotopic (exact) mass is 3420 g/mol. The maximum atomic E-state index is 5.63. The van der Waals surface area contributed by atoms with Crippen LogP contribution in [0, 0.1) is 151 Å². The SMILES string of the molecule is C[C-]=C(C)c1ccccc1[C](C)=[W].C[C-]=Cc1cc(C)c(C)cc1[CH]=[W].C[C](=[W])C(C)=C(C)c1[c-]cccc1.C[C](=[W])C(C)=C(C)c1[c-]cccc1.C[C](=[W])C=Cc1[c-]ccc(C)c1C.Cc1ccc2ccc(C)c(C)c2c1C.[CH-]=Cc1c([C](C)=[W])ccc(C)c1C.[CH3-].[CH3-].[CH3-].[CH3-].[CH3-].[CH3-].[W].[W].[W].[W].[W].[W]. The van der Waals surface area contributed by atoms with Crippen LogP contribution in [-0.4, -0.2) is 23.9 Å². The summed E-state index contributed by atoms with van der Waals surface area (Å²) >= 11 is 9.14. The first-order valence-corrected chi connectivity index (χ1v) is 39.7. The molecule has 0 N–H and O–H groups in total. The average Bonchev–Trinajstić information content (AvgIpc) is 0.795. The molecule has 8 aromatic carbocycles. The van der Waals surface area contributed by atoms with E-state index in [1.165, 1.54) is 241 Å². The minimum Gasteiger partial charge on any atom is -0.358 e. The predicted octanol–water partition coefficient (Wildman–Crippen LogP) is 24.3. The maximum absolute atomic E-state index is 5.63. The molecule has 8 rings (SSSR count). The second kappa shape index (κ2) is 68.5. The second-order valence-corrected chi connectivity index (χ2v) is 34.7. The van der Waals surface area contributed by atoms with E-state index in [1.807, 2.05) is 50.3 Å². The second-order valence-electron chi connectivity index (χ2n) is 22.7. The molecule has 0 aliphatic carbocycles.